The van der Waals surface area contributed by atoms with Crippen LogP contribution in [0.5, 0.6) is 0 Å². The summed E-state index contributed by atoms with van der Waals surface area (Å²) in [6, 6.07) is 21.1. The molecule has 0 spiro atoms. The Labute approximate surface area is 161 Å². The molecule has 4 nitrogen and oxygen atoms in total. The smallest absolute Gasteiger partial charge is 0.185 e. The van der Waals surface area contributed by atoms with Gasteiger partial charge in [0.15, 0.2) is 12.1 Å². The van der Waals surface area contributed by atoms with Crippen LogP contribution in [-0.4, -0.2) is 30.5 Å². The summed E-state index contributed by atoms with van der Waals surface area (Å²) < 4.78 is 7.83. The number of rotatable bonds is 8. The molecule has 2 aromatic carbocycles. The number of aldehydes is 1. The second-order valence-corrected chi connectivity index (χ2v) is 13.4. The minimum atomic E-state index is -1.16. The molecular formula is C22H26N2O2Si. The number of carbonyl (C=O) groups is 1. The van der Waals surface area contributed by atoms with Crippen LogP contribution in [0.3, 0.4) is 0 Å². The van der Waals surface area contributed by atoms with Crippen molar-refractivity contribution in [3.63, 3.8) is 0 Å². The molecule has 0 saturated heterocycles. The Morgan fingerprint density at radius 1 is 0.963 bits per heavy atom. The number of imidazole rings is 1. The normalized spacial score (nSPS) is 11.5. The third-order valence-corrected chi connectivity index (χ3v) is 6.12. The second kappa shape index (κ2) is 8.46. The summed E-state index contributed by atoms with van der Waals surface area (Å²) in [5.41, 5.74) is 3.72. The lowest BCUT2D eigenvalue weighted by molar-refractivity contribution is 0.0841. The van der Waals surface area contributed by atoms with E-state index in [4.69, 9.17) is 4.74 Å². The van der Waals surface area contributed by atoms with E-state index in [0.29, 0.717) is 19.2 Å². The highest BCUT2D eigenvalue weighted by molar-refractivity contribution is 6.76. The zero-order valence-electron chi connectivity index (χ0n) is 16.2. The van der Waals surface area contributed by atoms with E-state index in [0.717, 1.165) is 34.8 Å². The molecule has 27 heavy (non-hydrogen) atoms. The van der Waals surface area contributed by atoms with Gasteiger partial charge in [0.25, 0.3) is 0 Å². The first-order valence-electron chi connectivity index (χ1n) is 9.24. The standard InChI is InChI=1S/C22H26N2O2Si/c1-27(2,3)15-14-26-17-24-20(16-25)23-21(18-10-6-4-7-11-18)22(24)19-12-8-5-9-13-19/h4-13,16H,14-15,17H2,1-3H3. The molecule has 0 N–H and O–H groups in total. The molecule has 5 heteroatoms. The molecule has 0 amide bonds. The van der Waals surface area contributed by atoms with E-state index < -0.39 is 8.07 Å². The maximum atomic E-state index is 11.7. The molecular weight excluding hydrogens is 352 g/mol. The first-order valence-corrected chi connectivity index (χ1v) is 12.9. The van der Waals surface area contributed by atoms with Crippen molar-refractivity contribution in [1.29, 1.82) is 0 Å². The van der Waals surface area contributed by atoms with E-state index in [1.807, 2.05) is 65.2 Å². The Kier molecular flexibility index (Phi) is 6.03. The third-order valence-electron chi connectivity index (χ3n) is 4.41. The van der Waals surface area contributed by atoms with Crippen LogP contribution < -0.4 is 0 Å². The van der Waals surface area contributed by atoms with Crippen LogP contribution in [0.4, 0.5) is 0 Å². The number of ether oxygens (including phenoxy) is 1. The van der Waals surface area contributed by atoms with Gasteiger partial charge in [0.05, 0.1) is 11.4 Å². The average molecular weight is 379 g/mol. The molecule has 0 unspecified atom stereocenters. The Balaban J connectivity index is 2.00. The molecule has 3 rings (SSSR count). The van der Waals surface area contributed by atoms with Gasteiger partial charge in [0.2, 0.25) is 0 Å². The first-order chi connectivity index (χ1) is 13.0. The highest BCUT2D eigenvalue weighted by Gasteiger charge is 2.20. The van der Waals surface area contributed by atoms with Crippen molar-refractivity contribution < 1.29 is 9.53 Å². The predicted octanol–water partition coefficient (Wildman–Crippen LogP) is 5.34. The summed E-state index contributed by atoms with van der Waals surface area (Å²) in [7, 11) is -1.16. The lowest BCUT2D eigenvalue weighted by atomic mass is 10.0. The lowest BCUT2D eigenvalue weighted by Crippen LogP contribution is -2.22. The van der Waals surface area contributed by atoms with Crippen molar-refractivity contribution in [2.24, 2.45) is 0 Å². The van der Waals surface area contributed by atoms with Crippen molar-refractivity contribution in [3.8, 4) is 22.5 Å². The van der Waals surface area contributed by atoms with Crippen molar-refractivity contribution in [2.45, 2.75) is 32.4 Å². The van der Waals surface area contributed by atoms with Gasteiger partial charge in [-0.2, -0.15) is 0 Å². The van der Waals surface area contributed by atoms with Gasteiger partial charge in [0.1, 0.15) is 6.73 Å². The maximum absolute atomic E-state index is 11.7. The van der Waals surface area contributed by atoms with Crippen molar-refractivity contribution in [3.05, 3.63) is 66.5 Å². The van der Waals surface area contributed by atoms with E-state index in [2.05, 4.69) is 24.6 Å². The number of benzene rings is 2. The molecule has 0 aliphatic carbocycles. The summed E-state index contributed by atoms with van der Waals surface area (Å²) in [6.45, 7) is 8.00. The number of carbonyl (C=O) groups excluding carboxylic acids is 1. The Hall–Kier alpha value is -2.50. The molecule has 0 saturated carbocycles. The fourth-order valence-electron chi connectivity index (χ4n) is 2.91. The van der Waals surface area contributed by atoms with E-state index in [1.165, 1.54) is 0 Å². The predicted molar refractivity (Wildman–Crippen MR) is 113 cm³/mol. The maximum Gasteiger partial charge on any atom is 0.185 e. The van der Waals surface area contributed by atoms with Crippen molar-refractivity contribution in [2.75, 3.05) is 6.61 Å². The Morgan fingerprint density at radius 3 is 2.11 bits per heavy atom. The summed E-state index contributed by atoms with van der Waals surface area (Å²) in [6.07, 6.45) is 0.806. The zero-order chi connectivity index (χ0) is 19.3. The molecule has 0 bridgehead atoms. The van der Waals surface area contributed by atoms with E-state index in [-0.39, 0.29) is 0 Å². The molecule has 1 heterocycles. The van der Waals surface area contributed by atoms with Gasteiger partial charge >= 0.3 is 0 Å². The summed E-state index contributed by atoms with van der Waals surface area (Å²) in [5.74, 6) is 0.390. The van der Waals surface area contributed by atoms with Crippen molar-refractivity contribution >= 4 is 14.4 Å². The van der Waals surface area contributed by atoms with Gasteiger partial charge in [-0.1, -0.05) is 80.3 Å². The summed E-state index contributed by atoms with van der Waals surface area (Å²) in [5, 5.41) is 0. The minimum Gasteiger partial charge on any atom is -0.361 e. The fourth-order valence-corrected chi connectivity index (χ4v) is 3.67. The number of nitrogens with zero attached hydrogens (tertiary/aromatic N) is 2. The Morgan fingerprint density at radius 2 is 1.56 bits per heavy atom. The highest BCUT2D eigenvalue weighted by atomic mass is 28.3. The molecule has 3 aromatic rings. The topological polar surface area (TPSA) is 44.1 Å². The largest absolute Gasteiger partial charge is 0.361 e. The molecule has 140 valence electrons. The van der Waals surface area contributed by atoms with Crippen LogP contribution in [0.1, 0.15) is 10.6 Å². The molecule has 0 fully saturated rings. The Bertz CT molecular complexity index is 884. The van der Waals surface area contributed by atoms with E-state index in [9.17, 15) is 4.79 Å². The first kappa shape index (κ1) is 19.3. The van der Waals surface area contributed by atoms with Gasteiger partial charge in [-0.05, 0) is 6.04 Å². The molecule has 1 aromatic heterocycles. The summed E-state index contributed by atoms with van der Waals surface area (Å²) in [4.78, 5) is 16.3. The van der Waals surface area contributed by atoms with Crippen LogP contribution in [-0.2, 0) is 11.5 Å². The van der Waals surface area contributed by atoms with E-state index in [1.54, 1.807) is 0 Å². The van der Waals surface area contributed by atoms with Crippen molar-refractivity contribution in [1.82, 2.24) is 9.55 Å². The third kappa shape index (κ3) is 4.81. The van der Waals surface area contributed by atoms with Crippen LogP contribution in [0, 0.1) is 0 Å². The van der Waals surface area contributed by atoms with Crippen LogP contribution in [0.2, 0.25) is 25.7 Å². The zero-order valence-corrected chi connectivity index (χ0v) is 17.2. The fraction of sp³-hybridized carbons (Fsp3) is 0.273. The average Bonchev–Trinajstić information content (AvgIpc) is 3.04. The number of hydrogen-bond acceptors (Lipinski definition) is 3. The van der Waals surface area contributed by atoms with Gasteiger partial charge < -0.3 is 4.74 Å². The molecule has 0 aliphatic rings. The second-order valence-electron chi connectivity index (χ2n) is 7.79. The summed E-state index contributed by atoms with van der Waals surface area (Å²) >= 11 is 0. The monoisotopic (exact) mass is 378 g/mol. The molecule has 0 aliphatic heterocycles. The molecule has 0 atom stereocenters. The van der Waals surface area contributed by atoms with Crippen LogP contribution in [0.15, 0.2) is 60.7 Å². The van der Waals surface area contributed by atoms with Gasteiger partial charge in [-0.25, -0.2) is 4.98 Å². The van der Waals surface area contributed by atoms with Gasteiger partial charge in [0, 0.05) is 25.8 Å². The minimum absolute atomic E-state index is 0.322. The van der Waals surface area contributed by atoms with Gasteiger partial charge in [-0.15, -0.1) is 0 Å². The lowest BCUT2D eigenvalue weighted by Gasteiger charge is -2.17. The number of aromatic nitrogens is 2. The SMILES string of the molecule is C[Si](C)(C)CCOCn1c(C=O)nc(-c2ccccc2)c1-c1ccccc1. The highest BCUT2D eigenvalue weighted by Crippen LogP contribution is 2.32. The van der Waals surface area contributed by atoms with Crippen LogP contribution >= 0.6 is 0 Å². The quantitative estimate of drug-likeness (QED) is 0.302. The van der Waals surface area contributed by atoms with Gasteiger partial charge in [-0.3, -0.25) is 9.36 Å². The van der Waals surface area contributed by atoms with E-state index >= 15 is 0 Å². The van der Waals surface area contributed by atoms with Crippen LogP contribution in [0.25, 0.3) is 22.5 Å². The molecule has 0 radical (unpaired) electrons. The number of hydrogen-bond donors (Lipinski definition) is 0.